The summed E-state index contributed by atoms with van der Waals surface area (Å²) >= 11 is 0. The molecule has 180 valence electrons. The maximum atomic E-state index is 13.8. The minimum atomic E-state index is -3.05. The van der Waals surface area contributed by atoms with Gasteiger partial charge in [-0.3, -0.25) is 14.9 Å². The first-order valence-electron chi connectivity index (χ1n) is 11.2. The summed E-state index contributed by atoms with van der Waals surface area (Å²) in [6, 6.07) is 1.97. The Kier molecular flexibility index (Phi) is 7.46. The molecule has 0 saturated carbocycles. The first-order chi connectivity index (χ1) is 15.4. The number of aromatic nitrogens is 1. The van der Waals surface area contributed by atoms with Crippen LogP contribution in [0, 0.1) is 0 Å². The molecular formula is C25H32F4N4. The first-order valence-corrected chi connectivity index (χ1v) is 11.2. The zero-order valence-corrected chi connectivity index (χ0v) is 19.6. The Bertz CT molecular complexity index is 965. The van der Waals surface area contributed by atoms with Crippen LogP contribution in [0.5, 0.6) is 0 Å². The second kappa shape index (κ2) is 9.79. The van der Waals surface area contributed by atoms with Gasteiger partial charge < -0.3 is 4.90 Å². The van der Waals surface area contributed by atoms with E-state index in [1.165, 1.54) is 6.08 Å². The van der Waals surface area contributed by atoms with E-state index in [1.54, 1.807) is 6.92 Å². The van der Waals surface area contributed by atoms with Crippen LogP contribution in [-0.2, 0) is 13.0 Å². The van der Waals surface area contributed by atoms with Gasteiger partial charge in [-0.15, -0.1) is 0 Å². The number of aliphatic imine (C=N–C) groups is 1. The second-order valence-electron chi connectivity index (χ2n) is 9.11. The van der Waals surface area contributed by atoms with Crippen molar-refractivity contribution in [2.45, 2.75) is 58.4 Å². The average molecular weight is 465 g/mol. The third-order valence-corrected chi connectivity index (χ3v) is 6.05. The number of hydrogen-bond donors (Lipinski definition) is 0. The molecule has 3 heterocycles. The van der Waals surface area contributed by atoms with Gasteiger partial charge in [-0.05, 0) is 43.5 Å². The highest BCUT2D eigenvalue weighted by Gasteiger charge is 2.35. The largest absolute Gasteiger partial charge is 0.371 e. The number of piperidine rings is 1. The number of pyridine rings is 1. The third-order valence-electron chi connectivity index (χ3n) is 6.05. The molecule has 2 aliphatic heterocycles. The van der Waals surface area contributed by atoms with E-state index in [1.807, 2.05) is 17.9 Å². The molecular weight excluding hydrogens is 432 g/mol. The molecule has 1 saturated heterocycles. The summed E-state index contributed by atoms with van der Waals surface area (Å²) in [5, 5.41) is 0. The molecule has 8 heteroatoms. The van der Waals surface area contributed by atoms with E-state index >= 15 is 0 Å². The number of fused-ring (bicyclic) bond motifs is 1. The van der Waals surface area contributed by atoms with Gasteiger partial charge in [-0.25, -0.2) is 8.78 Å². The van der Waals surface area contributed by atoms with Crippen LogP contribution in [0.25, 0.3) is 5.57 Å². The molecule has 2 aliphatic rings. The molecule has 0 bridgehead atoms. The highest BCUT2D eigenvalue weighted by molar-refractivity contribution is 6.01. The summed E-state index contributed by atoms with van der Waals surface area (Å²) < 4.78 is 55.0. The van der Waals surface area contributed by atoms with Crippen molar-refractivity contribution in [3.05, 3.63) is 54.0 Å². The lowest BCUT2D eigenvalue weighted by Crippen LogP contribution is -2.41. The molecule has 0 atom stereocenters. The van der Waals surface area contributed by atoms with Crippen LogP contribution in [0.1, 0.15) is 50.6 Å². The fourth-order valence-electron chi connectivity index (χ4n) is 4.29. The van der Waals surface area contributed by atoms with E-state index in [-0.39, 0.29) is 18.6 Å². The lowest BCUT2D eigenvalue weighted by atomic mass is 9.97. The molecule has 0 N–H and O–H groups in total. The molecule has 1 aromatic rings. The molecule has 0 radical (unpaired) electrons. The average Bonchev–Trinajstić information content (AvgIpc) is 2.71. The first kappa shape index (κ1) is 25.1. The summed E-state index contributed by atoms with van der Waals surface area (Å²) in [4.78, 5) is 12.7. The minimum Gasteiger partial charge on any atom is -0.371 e. The molecule has 4 nitrogen and oxygen atoms in total. The van der Waals surface area contributed by atoms with E-state index in [0.717, 1.165) is 53.5 Å². The highest BCUT2D eigenvalue weighted by atomic mass is 19.3. The fourth-order valence-corrected chi connectivity index (χ4v) is 4.29. The van der Waals surface area contributed by atoms with Gasteiger partial charge in [-0.1, -0.05) is 18.7 Å². The van der Waals surface area contributed by atoms with Crippen molar-refractivity contribution in [2.24, 2.45) is 4.99 Å². The van der Waals surface area contributed by atoms with Gasteiger partial charge in [-0.2, -0.15) is 8.78 Å². The predicted molar refractivity (Wildman–Crippen MR) is 126 cm³/mol. The van der Waals surface area contributed by atoms with Crippen molar-refractivity contribution in [2.75, 3.05) is 31.1 Å². The molecule has 1 fully saturated rings. The van der Waals surface area contributed by atoms with Crippen LogP contribution in [0.4, 0.5) is 23.2 Å². The highest BCUT2D eigenvalue weighted by Crippen LogP contribution is 2.35. The zero-order valence-electron chi connectivity index (χ0n) is 19.6. The van der Waals surface area contributed by atoms with Crippen LogP contribution in [0.15, 0.2) is 42.1 Å². The van der Waals surface area contributed by atoms with Gasteiger partial charge in [0, 0.05) is 64.4 Å². The Labute approximate surface area is 193 Å². The van der Waals surface area contributed by atoms with Crippen LogP contribution < -0.4 is 4.90 Å². The number of rotatable bonds is 7. The van der Waals surface area contributed by atoms with Crippen molar-refractivity contribution in [3.8, 4) is 0 Å². The van der Waals surface area contributed by atoms with Crippen molar-refractivity contribution < 1.29 is 17.6 Å². The standard InChI is InChI=1S/C25H32F4N4/c1-6-30-23(24(5,26)27)13-18(4)15-32-10-7-19-21(16-32)31-20(17(2)3)14-22(19)33-11-8-25(28,29)9-12-33/h6,13-14H,1-2,7-12,15-16H2,3-5H3/b18-13+,30-23?. The summed E-state index contributed by atoms with van der Waals surface area (Å²) in [6.45, 7) is 14.3. The van der Waals surface area contributed by atoms with E-state index in [2.05, 4.69) is 23.1 Å². The number of alkyl halides is 4. The van der Waals surface area contributed by atoms with E-state index in [0.29, 0.717) is 32.6 Å². The Morgan fingerprint density at radius 1 is 1.24 bits per heavy atom. The minimum absolute atomic E-state index is 0.153. The Balaban J connectivity index is 1.83. The molecule has 0 spiro atoms. The van der Waals surface area contributed by atoms with Gasteiger partial charge >= 0.3 is 0 Å². The zero-order chi connectivity index (χ0) is 24.4. The lowest BCUT2D eigenvalue weighted by Gasteiger charge is -2.37. The van der Waals surface area contributed by atoms with Gasteiger partial charge in [0.15, 0.2) is 0 Å². The number of allylic oxidation sites excluding steroid dienone is 2. The van der Waals surface area contributed by atoms with Crippen molar-refractivity contribution in [1.29, 1.82) is 0 Å². The van der Waals surface area contributed by atoms with E-state index in [9.17, 15) is 17.6 Å². The van der Waals surface area contributed by atoms with Crippen molar-refractivity contribution in [1.82, 2.24) is 9.88 Å². The molecule has 0 unspecified atom stereocenters. The third kappa shape index (κ3) is 6.31. The lowest BCUT2D eigenvalue weighted by molar-refractivity contribution is -0.0220. The van der Waals surface area contributed by atoms with Gasteiger partial charge in [0.25, 0.3) is 11.8 Å². The molecule has 1 aromatic heterocycles. The fraction of sp³-hybridized carbons (Fsp3) is 0.520. The summed E-state index contributed by atoms with van der Waals surface area (Å²) in [5.41, 5.74) is 4.94. The van der Waals surface area contributed by atoms with E-state index < -0.39 is 11.8 Å². The van der Waals surface area contributed by atoms with Crippen LogP contribution >= 0.6 is 0 Å². The van der Waals surface area contributed by atoms with Gasteiger partial charge in [0.2, 0.25) is 0 Å². The number of halogens is 4. The molecule has 0 amide bonds. The Morgan fingerprint density at radius 3 is 2.48 bits per heavy atom. The topological polar surface area (TPSA) is 31.7 Å². The van der Waals surface area contributed by atoms with Crippen LogP contribution in [0.2, 0.25) is 0 Å². The number of nitrogens with zero attached hydrogens (tertiary/aromatic N) is 4. The maximum absolute atomic E-state index is 13.8. The van der Waals surface area contributed by atoms with Crippen molar-refractivity contribution in [3.63, 3.8) is 0 Å². The summed E-state index contributed by atoms with van der Waals surface area (Å²) in [7, 11) is 0. The summed E-state index contributed by atoms with van der Waals surface area (Å²) in [5.74, 6) is -5.66. The Hall–Kier alpha value is -2.48. The predicted octanol–water partition coefficient (Wildman–Crippen LogP) is 5.89. The maximum Gasteiger partial charge on any atom is 0.286 e. The molecule has 33 heavy (non-hydrogen) atoms. The van der Waals surface area contributed by atoms with Gasteiger partial charge in [0.1, 0.15) is 5.71 Å². The van der Waals surface area contributed by atoms with Gasteiger partial charge in [0.05, 0.1) is 11.4 Å². The monoisotopic (exact) mass is 464 g/mol. The molecule has 0 aromatic carbocycles. The second-order valence-corrected chi connectivity index (χ2v) is 9.11. The quantitative estimate of drug-likeness (QED) is 0.372. The molecule has 3 rings (SSSR count). The number of hydrogen-bond acceptors (Lipinski definition) is 4. The van der Waals surface area contributed by atoms with Crippen molar-refractivity contribution >= 4 is 17.0 Å². The normalized spacial score (nSPS) is 19.9. The SMILES string of the molecule is C=CN=C(/C=C(\C)CN1CCc2c(N3CCC(F)(F)CC3)cc(C(=C)C)nc2C1)C(C)(F)F. The number of anilines is 1. The smallest absolute Gasteiger partial charge is 0.286 e. The van der Waals surface area contributed by atoms with Crippen LogP contribution in [0.3, 0.4) is 0 Å². The Morgan fingerprint density at radius 2 is 1.91 bits per heavy atom. The van der Waals surface area contributed by atoms with Crippen LogP contribution in [-0.4, -0.2) is 53.6 Å². The van der Waals surface area contributed by atoms with E-state index in [4.69, 9.17) is 4.98 Å². The molecule has 0 aliphatic carbocycles. The summed E-state index contributed by atoms with van der Waals surface area (Å²) in [6.07, 6.45) is 2.94.